The summed E-state index contributed by atoms with van der Waals surface area (Å²) in [6.45, 7) is 3.37. The Bertz CT molecular complexity index is 674. The molecule has 1 fully saturated rings. The summed E-state index contributed by atoms with van der Waals surface area (Å²) in [5.41, 5.74) is 2.92. The topological polar surface area (TPSA) is 79.2 Å². The SMILES string of the molecule is Cc1cnn(Cc2ccc(NC(=O)NCC3(CO)CC3)cc2)c1. The van der Waals surface area contributed by atoms with Crippen LogP contribution in [-0.2, 0) is 6.54 Å². The molecule has 1 aromatic carbocycles. The number of anilines is 1. The quantitative estimate of drug-likeness (QED) is 0.764. The van der Waals surface area contributed by atoms with E-state index in [0.29, 0.717) is 13.1 Å². The second-order valence-electron chi connectivity index (χ2n) is 6.38. The van der Waals surface area contributed by atoms with E-state index >= 15 is 0 Å². The first kappa shape index (κ1) is 15.6. The minimum absolute atomic E-state index is 0.0803. The Balaban J connectivity index is 1.49. The van der Waals surface area contributed by atoms with Crippen molar-refractivity contribution in [1.29, 1.82) is 0 Å². The molecule has 0 unspecified atom stereocenters. The fourth-order valence-electron chi connectivity index (χ4n) is 2.44. The van der Waals surface area contributed by atoms with Crippen LogP contribution in [0.1, 0.15) is 24.0 Å². The van der Waals surface area contributed by atoms with Gasteiger partial charge in [-0.3, -0.25) is 4.68 Å². The standard InChI is InChI=1S/C17H22N4O2/c1-13-8-19-21(9-13)10-14-2-4-15(5-3-14)20-16(23)18-11-17(12-22)6-7-17/h2-5,8-9,22H,6-7,10-12H2,1H3,(H2,18,20,23). The highest BCUT2D eigenvalue weighted by Crippen LogP contribution is 2.44. The van der Waals surface area contributed by atoms with Gasteiger partial charge in [0.05, 0.1) is 19.3 Å². The van der Waals surface area contributed by atoms with E-state index in [1.165, 1.54) is 0 Å². The Labute approximate surface area is 135 Å². The largest absolute Gasteiger partial charge is 0.396 e. The van der Waals surface area contributed by atoms with Crippen LogP contribution in [-0.4, -0.2) is 34.1 Å². The van der Waals surface area contributed by atoms with Crippen molar-refractivity contribution in [3.05, 3.63) is 47.8 Å². The van der Waals surface area contributed by atoms with Crippen LogP contribution in [0.25, 0.3) is 0 Å². The first-order chi connectivity index (χ1) is 11.1. The molecule has 0 radical (unpaired) electrons. The lowest BCUT2D eigenvalue weighted by Crippen LogP contribution is -2.35. The van der Waals surface area contributed by atoms with Gasteiger partial charge in [0, 0.05) is 23.8 Å². The number of rotatable bonds is 6. The number of carbonyl (C=O) groups excluding carboxylic acids is 1. The van der Waals surface area contributed by atoms with Gasteiger partial charge in [-0.15, -0.1) is 0 Å². The van der Waals surface area contributed by atoms with Crippen LogP contribution >= 0.6 is 0 Å². The lowest BCUT2D eigenvalue weighted by atomic mass is 10.1. The molecular formula is C17H22N4O2. The second kappa shape index (κ2) is 6.42. The molecule has 0 aliphatic heterocycles. The highest BCUT2D eigenvalue weighted by molar-refractivity contribution is 5.89. The Hall–Kier alpha value is -2.34. The minimum Gasteiger partial charge on any atom is -0.396 e. The molecule has 2 aromatic rings. The molecule has 1 heterocycles. The number of amides is 2. The maximum absolute atomic E-state index is 11.9. The molecular weight excluding hydrogens is 292 g/mol. The van der Waals surface area contributed by atoms with Crippen molar-refractivity contribution in [2.24, 2.45) is 5.41 Å². The molecule has 1 aliphatic carbocycles. The highest BCUT2D eigenvalue weighted by Gasteiger charge is 2.42. The summed E-state index contributed by atoms with van der Waals surface area (Å²) in [6, 6.07) is 7.47. The maximum Gasteiger partial charge on any atom is 0.319 e. The summed E-state index contributed by atoms with van der Waals surface area (Å²) < 4.78 is 1.88. The number of aliphatic hydroxyl groups is 1. The van der Waals surface area contributed by atoms with Crippen molar-refractivity contribution in [1.82, 2.24) is 15.1 Å². The van der Waals surface area contributed by atoms with Crippen LogP contribution in [0.4, 0.5) is 10.5 Å². The van der Waals surface area contributed by atoms with Crippen LogP contribution in [0.5, 0.6) is 0 Å². The van der Waals surface area contributed by atoms with Gasteiger partial charge in [0.1, 0.15) is 0 Å². The number of hydrogen-bond donors (Lipinski definition) is 3. The van der Waals surface area contributed by atoms with E-state index in [1.807, 2.05) is 48.3 Å². The second-order valence-corrected chi connectivity index (χ2v) is 6.38. The molecule has 1 saturated carbocycles. The van der Waals surface area contributed by atoms with E-state index in [2.05, 4.69) is 15.7 Å². The molecule has 0 spiro atoms. The van der Waals surface area contributed by atoms with Crippen molar-refractivity contribution in [3.8, 4) is 0 Å². The number of urea groups is 1. The number of nitrogens with zero attached hydrogens (tertiary/aromatic N) is 2. The summed E-state index contributed by atoms with van der Waals surface area (Å²) in [5.74, 6) is 0. The molecule has 3 N–H and O–H groups in total. The summed E-state index contributed by atoms with van der Waals surface area (Å²) in [5, 5.41) is 19.1. The number of aryl methyl sites for hydroxylation is 1. The lowest BCUT2D eigenvalue weighted by molar-refractivity contribution is 0.206. The van der Waals surface area contributed by atoms with Crippen LogP contribution < -0.4 is 10.6 Å². The number of hydrogen-bond acceptors (Lipinski definition) is 3. The molecule has 3 rings (SSSR count). The Kier molecular flexibility index (Phi) is 4.34. The van der Waals surface area contributed by atoms with E-state index in [4.69, 9.17) is 0 Å². The first-order valence-electron chi connectivity index (χ1n) is 7.82. The van der Waals surface area contributed by atoms with Gasteiger partial charge < -0.3 is 15.7 Å². The third kappa shape index (κ3) is 4.10. The van der Waals surface area contributed by atoms with Crippen LogP contribution in [0.3, 0.4) is 0 Å². The molecule has 0 saturated heterocycles. The first-order valence-corrected chi connectivity index (χ1v) is 7.82. The summed E-state index contributed by atoms with van der Waals surface area (Å²) in [7, 11) is 0. The molecule has 0 atom stereocenters. The zero-order chi connectivity index (χ0) is 16.3. The van der Waals surface area contributed by atoms with Crippen molar-refractivity contribution < 1.29 is 9.90 Å². The summed E-state index contributed by atoms with van der Waals surface area (Å²) >= 11 is 0. The van der Waals surface area contributed by atoms with Gasteiger partial charge in [-0.2, -0.15) is 5.10 Å². The predicted octanol–water partition coefficient (Wildman–Crippen LogP) is 2.13. The zero-order valence-electron chi connectivity index (χ0n) is 13.2. The van der Waals surface area contributed by atoms with Crippen LogP contribution in [0, 0.1) is 12.3 Å². The minimum atomic E-state index is -0.236. The normalized spacial score (nSPS) is 15.2. The summed E-state index contributed by atoms with van der Waals surface area (Å²) in [6.07, 6.45) is 5.78. The lowest BCUT2D eigenvalue weighted by Gasteiger charge is -2.13. The Morgan fingerprint density at radius 3 is 2.65 bits per heavy atom. The average molecular weight is 314 g/mol. The number of nitrogens with one attached hydrogen (secondary N) is 2. The van der Waals surface area contributed by atoms with Gasteiger partial charge in [-0.05, 0) is 43.0 Å². The molecule has 23 heavy (non-hydrogen) atoms. The molecule has 122 valence electrons. The predicted molar refractivity (Wildman–Crippen MR) is 88.3 cm³/mol. The number of carbonyl (C=O) groups is 1. The van der Waals surface area contributed by atoms with E-state index in [9.17, 15) is 9.90 Å². The Morgan fingerprint density at radius 2 is 2.09 bits per heavy atom. The smallest absolute Gasteiger partial charge is 0.319 e. The van der Waals surface area contributed by atoms with Gasteiger partial charge >= 0.3 is 6.03 Å². The van der Waals surface area contributed by atoms with E-state index in [0.717, 1.165) is 29.7 Å². The van der Waals surface area contributed by atoms with Crippen LogP contribution in [0.2, 0.25) is 0 Å². The number of aromatic nitrogens is 2. The summed E-state index contributed by atoms with van der Waals surface area (Å²) in [4.78, 5) is 11.9. The number of benzene rings is 1. The molecule has 2 amide bonds. The third-order valence-corrected chi connectivity index (χ3v) is 4.24. The van der Waals surface area contributed by atoms with E-state index in [1.54, 1.807) is 0 Å². The fourth-order valence-corrected chi connectivity index (χ4v) is 2.44. The van der Waals surface area contributed by atoms with Gasteiger partial charge in [-0.25, -0.2) is 4.79 Å². The maximum atomic E-state index is 11.9. The van der Waals surface area contributed by atoms with E-state index < -0.39 is 0 Å². The van der Waals surface area contributed by atoms with Crippen LogP contribution in [0.15, 0.2) is 36.7 Å². The zero-order valence-corrected chi connectivity index (χ0v) is 13.2. The van der Waals surface area contributed by atoms with Crippen molar-refractivity contribution in [2.45, 2.75) is 26.3 Å². The monoisotopic (exact) mass is 314 g/mol. The van der Waals surface area contributed by atoms with Crippen molar-refractivity contribution in [3.63, 3.8) is 0 Å². The molecule has 6 heteroatoms. The van der Waals surface area contributed by atoms with Gasteiger partial charge in [0.2, 0.25) is 0 Å². The van der Waals surface area contributed by atoms with Crippen molar-refractivity contribution in [2.75, 3.05) is 18.5 Å². The Morgan fingerprint density at radius 1 is 1.35 bits per heavy atom. The third-order valence-electron chi connectivity index (χ3n) is 4.24. The van der Waals surface area contributed by atoms with Gasteiger partial charge in [0.25, 0.3) is 0 Å². The molecule has 1 aliphatic rings. The fraction of sp³-hybridized carbons (Fsp3) is 0.412. The molecule has 0 bridgehead atoms. The average Bonchev–Trinajstić information content (AvgIpc) is 3.23. The highest BCUT2D eigenvalue weighted by atomic mass is 16.3. The van der Waals surface area contributed by atoms with E-state index in [-0.39, 0.29) is 18.1 Å². The van der Waals surface area contributed by atoms with Gasteiger partial charge in [-0.1, -0.05) is 12.1 Å². The number of aliphatic hydroxyl groups excluding tert-OH is 1. The van der Waals surface area contributed by atoms with Crippen molar-refractivity contribution >= 4 is 11.7 Å². The molecule has 1 aromatic heterocycles. The van der Waals surface area contributed by atoms with Gasteiger partial charge in [0.15, 0.2) is 0 Å². The molecule has 6 nitrogen and oxygen atoms in total.